The van der Waals surface area contributed by atoms with Gasteiger partial charge in [0.2, 0.25) is 0 Å². The van der Waals surface area contributed by atoms with Gasteiger partial charge in [-0.2, -0.15) is 0 Å². The molecule has 2 aromatic rings. The van der Waals surface area contributed by atoms with Crippen LogP contribution < -0.4 is 5.32 Å². The minimum Gasteiger partial charge on any atom is -0.338 e. The molecule has 108 valence electrons. The molecule has 0 saturated carbocycles. The molecule has 0 aliphatic heterocycles. The van der Waals surface area contributed by atoms with Gasteiger partial charge in [0.05, 0.1) is 0 Å². The zero-order chi connectivity index (χ0) is 14.5. The van der Waals surface area contributed by atoms with Crippen LogP contribution in [0.1, 0.15) is 36.3 Å². The number of rotatable bonds is 6. The summed E-state index contributed by atoms with van der Waals surface area (Å²) >= 11 is 0. The van der Waals surface area contributed by atoms with E-state index in [9.17, 15) is 4.39 Å². The Labute approximate surface area is 119 Å². The lowest BCUT2D eigenvalue weighted by atomic mass is 10.00. The van der Waals surface area contributed by atoms with Crippen molar-refractivity contribution in [3.63, 3.8) is 0 Å². The van der Waals surface area contributed by atoms with Gasteiger partial charge in [-0.3, -0.25) is 0 Å². The van der Waals surface area contributed by atoms with Gasteiger partial charge in [0.25, 0.3) is 0 Å². The molecular formula is C16H22FN3. The fourth-order valence-corrected chi connectivity index (χ4v) is 2.37. The standard InChI is InChI=1S/C16H22FN3/c1-4-18-15(7-8-16-19-9-10-20(16)3)13-6-5-12(2)14(17)11-13/h5-6,9-11,15,18H,4,7-8H2,1-3H3. The monoisotopic (exact) mass is 275 g/mol. The molecule has 4 heteroatoms. The summed E-state index contributed by atoms with van der Waals surface area (Å²) in [6, 6.07) is 5.65. The van der Waals surface area contributed by atoms with Gasteiger partial charge in [-0.15, -0.1) is 0 Å². The number of nitrogens with zero attached hydrogens (tertiary/aromatic N) is 2. The Morgan fingerprint density at radius 2 is 2.20 bits per heavy atom. The van der Waals surface area contributed by atoms with Gasteiger partial charge in [-0.25, -0.2) is 9.37 Å². The van der Waals surface area contributed by atoms with E-state index in [0.29, 0.717) is 5.56 Å². The van der Waals surface area contributed by atoms with E-state index >= 15 is 0 Å². The maximum absolute atomic E-state index is 13.7. The topological polar surface area (TPSA) is 29.9 Å². The van der Waals surface area contributed by atoms with E-state index in [1.54, 1.807) is 13.0 Å². The van der Waals surface area contributed by atoms with Gasteiger partial charge < -0.3 is 9.88 Å². The highest BCUT2D eigenvalue weighted by atomic mass is 19.1. The Bertz CT molecular complexity index is 563. The second-order valence-electron chi connectivity index (χ2n) is 5.11. The van der Waals surface area contributed by atoms with E-state index in [1.165, 1.54) is 0 Å². The number of aryl methyl sites for hydroxylation is 3. The van der Waals surface area contributed by atoms with Gasteiger partial charge in [0.1, 0.15) is 11.6 Å². The van der Waals surface area contributed by atoms with E-state index < -0.39 is 0 Å². The number of halogens is 1. The molecule has 0 spiro atoms. The van der Waals surface area contributed by atoms with Crippen LogP contribution in [-0.4, -0.2) is 16.1 Å². The average molecular weight is 275 g/mol. The molecule has 0 saturated heterocycles. The van der Waals surface area contributed by atoms with Crippen molar-refractivity contribution in [2.24, 2.45) is 7.05 Å². The molecule has 0 bridgehead atoms. The largest absolute Gasteiger partial charge is 0.338 e. The van der Waals surface area contributed by atoms with Crippen LogP contribution in [0.3, 0.4) is 0 Å². The third-order valence-electron chi connectivity index (χ3n) is 3.63. The summed E-state index contributed by atoms with van der Waals surface area (Å²) in [7, 11) is 2.00. The van der Waals surface area contributed by atoms with Gasteiger partial charge in [-0.05, 0) is 37.1 Å². The highest BCUT2D eigenvalue weighted by Crippen LogP contribution is 2.21. The number of aromatic nitrogens is 2. The molecule has 0 aliphatic carbocycles. The number of benzene rings is 1. The van der Waals surface area contributed by atoms with Crippen LogP contribution in [0.15, 0.2) is 30.6 Å². The second-order valence-corrected chi connectivity index (χ2v) is 5.11. The van der Waals surface area contributed by atoms with Crippen molar-refractivity contribution in [3.05, 3.63) is 53.4 Å². The van der Waals surface area contributed by atoms with Crippen LogP contribution in [0.4, 0.5) is 4.39 Å². The van der Waals surface area contributed by atoms with E-state index in [4.69, 9.17) is 0 Å². The van der Waals surface area contributed by atoms with Crippen molar-refractivity contribution in [2.75, 3.05) is 6.54 Å². The maximum atomic E-state index is 13.7. The molecular weight excluding hydrogens is 253 g/mol. The summed E-state index contributed by atoms with van der Waals surface area (Å²) in [6.45, 7) is 4.72. The Morgan fingerprint density at radius 3 is 2.80 bits per heavy atom. The SMILES string of the molecule is CCNC(CCc1nccn1C)c1ccc(C)c(F)c1. The van der Waals surface area contributed by atoms with E-state index in [1.807, 2.05) is 36.1 Å². The first-order valence-electron chi connectivity index (χ1n) is 7.07. The highest BCUT2D eigenvalue weighted by Gasteiger charge is 2.13. The fraction of sp³-hybridized carbons (Fsp3) is 0.438. The van der Waals surface area contributed by atoms with Gasteiger partial charge in [0, 0.05) is 31.9 Å². The Hall–Kier alpha value is -1.68. The highest BCUT2D eigenvalue weighted by molar-refractivity contribution is 5.26. The van der Waals surface area contributed by atoms with Crippen LogP contribution >= 0.6 is 0 Å². The molecule has 2 rings (SSSR count). The zero-order valence-electron chi connectivity index (χ0n) is 12.4. The van der Waals surface area contributed by atoms with Gasteiger partial charge in [-0.1, -0.05) is 19.1 Å². The summed E-state index contributed by atoms with van der Waals surface area (Å²) in [4.78, 5) is 4.33. The number of hydrogen-bond donors (Lipinski definition) is 1. The van der Waals surface area contributed by atoms with Crippen molar-refractivity contribution in [1.82, 2.24) is 14.9 Å². The summed E-state index contributed by atoms with van der Waals surface area (Å²) in [6.07, 6.45) is 5.53. The molecule has 20 heavy (non-hydrogen) atoms. The van der Waals surface area contributed by atoms with E-state index in [-0.39, 0.29) is 11.9 Å². The second kappa shape index (κ2) is 6.66. The van der Waals surface area contributed by atoms with E-state index in [0.717, 1.165) is 30.8 Å². The lowest BCUT2D eigenvalue weighted by Crippen LogP contribution is -2.22. The van der Waals surface area contributed by atoms with Gasteiger partial charge >= 0.3 is 0 Å². The first-order chi connectivity index (χ1) is 9.61. The number of nitrogens with one attached hydrogen (secondary N) is 1. The molecule has 0 aliphatic rings. The molecule has 1 N–H and O–H groups in total. The van der Waals surface area contributed by atoms with Crippen molar-refractivity contribution >= 4 is 0 Å². The predicted molar refractivity (Wildman–Crippen MR) is 79.1 cm³/mol. The minimum absolute atomic E-state index is 0.137. The van der Waals surface area contributed by atoms with E-state index in [2.05, 4.69) is 17.2 Å². The van der Waals surface area contributed by atoms with Crippen molar-refractivity contribution in [1.29, 1.82) is 0 Å². The quantitative estimate of drug-likeness (QED) is 0.877. The molecule has 1 aromatic carbocycles. The normalized spacial score (nSPS) is 12.6. The Kier molecular flexibility index (Phi) is 4.90. The maximum Gasteiger partial charge on any atom is 0.126 e. The molecule has 1 unspecified atom stereocenters. The van der Waals surface area contributed by atoms with Crippen LogP contribution in [0.25, 0.3) is 0 Å². The van der Waals surface area contributed by atoms with Gasteiger partial charge in [0.15, 0.2) is 0 Å². The molecule has 1 heterocycles. The molecule has 1 aromatic heterocycles. The van der Waals surface area contributed by atoms with Crippen molar-refractivity contribution in [2.45, 2.75) is 32.7 Å². The van der Waals surface area contributed by atoms with Crippen molar-refractivity contribution < 1.29 is 4.39 Å². The molecule has 0 radical (unpaired) electrons. The molecule has 0 fully saturated rings. The smallest absolute Gasteiger partial charge is 0.126 e. The van der Waals surface area contributed by atoms with Crippen LogP contribution in [0, 0.1) is 12.7 Å². The summed E-state index contributed by atoms with van der Waals surface area (Å²) < 4.78 is 15.7. The first kappa shape index (κ1) is 14.7. The third-order valence-corrected chi connectivity index (χ3v) is 3.63. The lowest BCUT2D eigenvalue weighted by molar-refractivity contribution is 0.501. The molecule has 3 nitrogen and oxygen atoms in total. The fourth-order valence-electron chi connectivity index (χ4n) is 2.37. The average Bonchev–Trinajstić information content (AvgIpc) is 2.83. The minimum atomic E-state index is -0.137. The summed E-state index contributed by atoms with van der Waals surface area (Å²) in [5.41, 5.74) is 1.69. The summed E-state index contributed by atoms with van der Waals surface area (Å²) in [5, 5.41) is 3.42. The molecule has 0 amide bonds. The Balaban J connectivity index is 2.10. The summed E-state index contributed by atoms with van der Waals surface area (Å²) in [5.74, 6) is 0.919. The third kappa shape index (κ3) is 3.45. The molecule has 1 atom stereocenters. The van der Waals surface area contributed by atoms with Crippen LogP contribution in [0.5, 0.6) is 0 Å². The number of hydrogen-bond acceptors (Lipinski definition) is 2. The Morgan fingerprint density at radius 1 is 1.40 bits per heavy atom. The first-order valence-corrected chi connectivity index (χ1v) is 7.07. The lowest BCUT2D eigenvalue weighted by Gasteiger charge is -2.18. The van der Waals surface area contributed by atoms with Crippen LogP contribution in [-0.2, 0) is 13.5 Å². The predicted octanol–water partition coefficient (Wildman–Crippen LogP) is 3.15. The zero-order valence-corrected chi connectivity index (χ0v) is 12.4. The van der Waals surface area contributed by atoms with Crippen LogP contribution in [0.2, 0.25) is 0 Å². The number of imidazole rings is 1. The van der Waals surface area contributed by atoms with Crippen molar-refractivity contribution in [3.8, 4) is 0 Å².